The molecule has 1 aliphatic rings. The van der Waals surface area contributed by atoms with E-state index in [1.165, 1.54) is 0 Å². The first-order valence-electron chi connectivity index (χ1n) is 6.27. The maximum Gasteiger partial charge on any atom is 0.241 e. The smallest absolute Gasteiger partial charge is 0.241 e. The van der Waals surface area contributed by atoms with E-state index in [2.05, 4.69) is 16.3 Å². The fourth-order valence-electron chi connectivity index (χ4n) is 2.12. The fourth-order valence-corrected chi connectivity index (χ4v) is 2.12. The Labute approximate surface area is 112 Å². The highest BCUT2D eigenvalue weighted by molar-refractivity contribution is 5.82. The normalized spacial score (nSPS) is 16.2. The molecule has 0 aliphatic carbocycles. The molecule has 6 nitrogen and oxygen atoms in total. The summed E-state index contributed by atoms with van der Waals surface area (Å²) in [4.78, 5) is 15.5. The molecule has 0 N–H and O–H groups in total. The number of amides is 1. The first-order chi connectivity index (χ1) is 9.04. The third kappa shape index (κ3) is 2.50. The van der Waals surface area contributed by atoms with Crippen LogP contribution >= 0.6 is 0 Å². The van der Waals surface area contributed by atoms with E-state index in [0.29, 0.717) is 17.9 Å². The maximum atomic E-state index is 11.9. The van der Waals surface area contributed by atoms with Crippen molar-refractivity contribution < 1.29 is 4.79 Å². The molecule has 1 aromatic heterocycles. The van der Waals surface area contributed by atoms with Crippen LogP contribution in [0.1, 0.15) is 23.2 Å². The van der Waals surface area contributed by atoms with Gasteiger partial charge in [0.2, 0.25) is 5.91 Å². The van der Waals surface area contributed by atoms with Gasteiger partial charge in [-0.25, -0.2) is 0 Å². The monoisotopic (exact) mass is 259 g/mol. The zero-order valence-corrected chi connectivity index (χ0v) is 11.5. The SMILES string of the molecule is Cc1nnc(N2CCCN(C)C(=O)C2)c(C#N)c1C. The van der Waals surface area contributed by atoms with E-state index in [-0.39, 0.29) is 12.5 Å². The van der Waals surface area contributed by atoms with E-state index < -0.39 is 0 Å². The molecule has 0 radical (unpaired) electrons. The number of aryl methyl sites for hydroxylation is 1. The third-order valence-corrected chi connectivity index (χ3v) is 3.52. The number of nitrogens with zero attached hydrogens (tertiary/aromatic N) is 5. The first kappa shape index (κ1) is 13.3. The predicted molar refractivity (Wildman–Crippen MR) is 70.7 cm³/mol. The van der Waals surface area contributed by atoms with Gasteiger partial charge >= 0.3 is 0 Å². The Morgan fingerprint density at radius 2 is 2.00 bits per heavy atom. The number of nitriles is 1. The second-order valence-corrected chi connectivity index (χ2v) is 4.81. The molecule has 0 bridgehead atoms. The quantitative estimate of drug-likeness (QED) is 0.739. The van der Waals surface area contributed by atoms with Crippen LogP contribution in [-0.2, 0) is 4.79 Å². The van der Waals surface area contributed by atoms with Gasteiger partial charge in [0.15, 0.2) is 5.82 Å². The number of rotatable bonds is 1. The summed E-state index contributed by atoms with van der Waals surface area (Å²) in [5.74, 6) is 0.565. The summed E-state index contributed by atoms with van der Waals surface area (Å²) in [6.45, 7) is 5.38. The summed E-state index contributed by atoms with van der Waals surface area (Å²) in [6, 6.07) is 2.18. The highest BCUT2D eigenvalue weighted by Gasteiger charge is 2.23. The van der Waals surface area contributed by atoms with Crippen molar-refractivity contribution in [2.75, 3.05) is 31.6 Å². The lowest BCUT2D eigenvalue weighted by molar-refractivity contribution is -0.127. The van der Waals surface area contributed by atoms with Crippen LogP contribution in [0.15, 0.2) is 0 Å². The lowest BCUT2D eigenvalue weighted by atomic mass is 10.1. The number of aromatic nitrogens is 2. The van der Waals surface area contributed by atoms with Crippen molar-refractivity contribution in [1.82, 2.24) is 15.1 Å². The Morgan fingerprint density at radius 3 is 2.68 bits per heavy atom. The fraction of sp³-hybridized carbons (Fsp3) is 0.538. The number of likely N-dealkylation sites (N-methyl/N-ethyl adjacent to an activating group) is 1. The van der Waals surface area contributed by atoms with E-state index >= 15 is 0 Å². The van der Waals surface area contributed by atoms with E-state index in [4.69, 9.17) is 0 Å². The lowest BCUT2D eigenvalue weighted by Crippen LogP contribution is -2.35. The summed E-state index contributed by atoms with van der Waals surface area (Å²) >= 11 is 0. The molecule has 6 heteroatoms. The molecule has 0 spiro atoms. The van der Waals surface area contributed by atoms with Crippen LogP contribution in [0.5, 0.6) is 0 Å². The van der Waals surface area contributed by atoms with Gasteiger partial charge in [-0.15, -0.1) is 5.10 Å². The van der Waals surface area contributed by atoms with Crippen LogP contribution in [0.4, 0.5) is 5.82 Å². The molecule has 1 aromatic rings. The van der Waals surface area contributed by atoms with Crippen LogP contribution in [-0.4, -0.2) is 47.7 Å². The highest BCUT2D eigenvalue weighted by atomic mass is 16.2. The van der Waals surface area contributed by atoms with E-state index in [1.54, 1.807) is 11.9 Å². The Balaban J connectivity index is 2.39. The molecule has 0 saturated carbocycles. The van der Waals surface area contributed by atoms with Crippen LogP contribution in [0.25, 0.3) is 0 Å². The van der Waals surface area contributed by atoms with Gasteiger partial charge in [0.05, 0.1) is 12.2 Å². The summed E-state index contributed by atoms with van der Waals surface area (Å²) < 4.78 is 0. The topological polar surface area (TPSA) is 73.1 Å². The lowest BCUT2D eigenvalue weighted by Gasteiger charge is -2.22. The van der Waals surface area contributed by atoms with E-state index in [9.17, 15) is 10.1 Å². The van der Waals surface area contributed by atoms with Crippen molar-refractivity contribution in [3.8, 4) is 6.07 Å². The third-order valence-electron chi connectivity index (χ3n) is 3.52. The first-order valence-corrected chi connectivity index (χ1v) is 6.27. The molecule has 2 rings (SSSR count). The number of anilines is 1. The minimum Gasteiger partial charge on any atom is -0.345 e. The highest BCUT2D eigenvalue weighted by Crippen LogP contribution is 2.22. The van der Waals surface area contributed by atoms with Gasteiger partial charge in [0, 0.05) is 20.1 Å². The van der Waals surface area contributed by atoms with Crippen molar-refractivity contribution in [2.45, 2.75) is 20.3 Å². The van der Waals surface area contributed by atoms with Crippen molar-refractivity contribution in [3.05, 3.63) is 16.8 Å². The second kappa shape index (κ2) is 5.22. The van der Waals surface area contributed by atoms with E-state index in [0.717, 1.165) is 24.2 Å². The summed E-state index contributed by atoms with van der Waals surface area (Å²) in [5.41, 5.74) is 2.10. The zero-order chi connectivity index (χ0) is 14.0. The number of hydrogen-bond acceptors (Lipinski definition) is 5. The molecular formula is C13H17N5O. The summed E-state index contributed by atoms with van der Waals surface area (Å²) in [7, 11) is 1.79. The Bertz CT molecular complexity index is 549. The van der Waals surface area contributed by atoms with Crippen LogP contribution in [0.3, 0.4) is 0 Å². The molecular weight excluding hydrogens is 242 g/mol. The average Bonchev–Trinajstić information content (AvgIpc) is 2.55. The Hall–Kier alpha value is -2.16. The number of hydrogen-bond donors (Lipinski definition) is 0. The molecule has 1 fully saturated rings. The van der Waals surface area contributed by atoms with Gasteiger partial charge in [-0.2, -0.15) is 10.4 Å². The van der Waals surface area contributed by atoms with Crippen molar-refractivity contribution in [3.63, 3.8) is 0 Å². The van der Waals surface area contributed by atoms with Gasteiger partial charge < -0.3 is 9.80 Å². The van der Waals surface area contributed by atoms with Crippen LogP contribution in [0, 0.1) is 25.2 Å². The molecule has 0 unspecified atom stereocenters. The molecule has 100 valence electrons. The Kier molecular flexibility index (Phi) is 3.65. The standard InChI is InChI=1S/C13H17N5O/c1-9-10(2)15-16-13(11(9)7-14)18-6-4-5-17(3)12(19)8-18/h4-6,8H2,1-3H3. The summed E-state index contributed by atoms with van der Waals surface area (Å²) in [6.07, 6.45) is 0.863. The van der Waals surface area contributed by atoms with Gasteiger partial charge in [-0.05, 0) is 25.8 Å². The molecule has 0 aromatic carbocycles. The van der Waals surface area contributed by atoms with Crippen LogP contribution < -0.4 is 4.90 Å². The molecule has 2 heterocycles. The molecule has 19 heavy (non-hydrogen) atoms. The Morgan fingerprint density at radius 1 is 1.26 bits per heavy atom. The van der Waals surface area contributed by atoms with Gasteiger partial charge in [0.1, 0.15) is 11.6 Å². The van der Waals surface area contributed by atoms with Gasteiger partial charge in [-0.3, -0.25) is 4.79 Å². The zero-order valence-electron chi connectivity index (χ0n) is 11.5. The molecule has 1 amide bonds. The number of carbonyl (C=O) groups excluding carboxylic acids is 1. The predicted octanol–water partition coefficient (Wildman–Crippen LogP) is 0.634. The summed E-state index contributed by atoms with van der Waals surface area (Å²) in [5, 5.41) is 17.5. The molecule has 1 saturated heterocycles. The second-order valence-electron chi connectivity index (χ2n) is 4.81. The van der Waals surface area contributed by atoms with Crippen molar-refractivity contribution in [1.29, 1.82) is 5.26 Å². The van der Waals surface area contributed by atoms with Crippen LogP contribution in [0.2, 0.25) is 0 Å². The minimum atomic E-state index is 0.0430. The molecule has 0 atom stereocenters. The van der Waals surface area contributed by atoms with Crippen molar-refractivity contribution in [2.24, 2.45) is 0 Å². The van der Waals surface area contributed by atoms with E-state index in [1.807, 2.05) is 18.7 Å². The van der Waals surface area contributed by atoms with Crippen molar-refractivity contribution >= 4 is 11.7 Å². The average molecular weight is 259 g/mol. The largest absolute Gasteiger partial charge is 0.345 e. The molecule has 1 aliphatic heterocycles. The minimum absolute atomic E-state index is 0.0430. The van der Waals surface area contributed by atoms with Gasteiger partial charge in [0.25, 0.3) is 0 Å². The number of carbonyl (C=O) groups is 1. The van der Waals surface area contributed by atoms with Gasteiger partial charge in [-0.1, -0.05) is 0 Å². The maximum absolute atomic E-state index is 11.9.